The van der Waals surface area contributed by atoms with Crippen LogP contribution < -0.4 is 15.6 Å². The van der Waals surface area contributed by atoms with Gasteiger partial charge in [0.05, 0.1) is 0 Å². The highest BCUT2D eigenvalue weighted by Gasteiger charge is 2.20. The molecule has 8 nitrogen and oxygen atoms in total. The monoisotopic (exact) mass is 337 g/mol. The van der Waals surface area contributed by atoms with Gasteiger partial charge in [-0.2, -0.15) is 0 Å². The van der Waals surface area contributed by atoms with Crippen molar-refractivity contribution in [1.82, 2.24) is 15.6 Å². The Morgan fingerprint density at radius 3 is 2.30 bits per heavy atom. The van der Waals surface area contributed by atoms with E-state index in [0.29, 0.717) is 5.56 Å². The van der Waals surface area contributed by atoms with Crippen LogP contribution in [-0.2, 0) is 10.0 Å². The Morgan fingerprint density at radius 1 is 1.00 bits per heavy atom. The molecule has 0 saturated carbocycles. The van der Waals surface area contributed by atoms with Crippen LogP contribution in [0.4, 0.5) is 0 Å². The van der Waals surface area contributed by atoms with Gasteiger partial charge >= 0.3 is 5.91 Å². The van der Waals surface area contributed by atoms with Gasteiger partial charge in [-0.15, -0.1) is 0 Å². The number of hydrogen-bond donors (Lipinski definition) is 3. The summed E-state index contributed by atoms with van der Waals surface area (Å²) in [6.45, 7) is 1.76. The number of sulfonamides is 1. The summed E-state index contributed by atoms with van der Waals surface area (Å²) < 4.78 is 30.1. The van der Waals surface area contributed by atoms with Crippen LogP contribution in [0.25, 0.3) is 0 Å². The van der Waals surface area contributed by atoms with Crippen molar-refractivity contribution < 1.29 is 22.4 Å². The Hall–Kier alpha value is -2.65. The molecule has 0 aliphatic heterocycles. The highest BCUT2D eigenvalue weighted by atomic mass is 32.2. The molecule has 0 atom stereocenters. The summed E-state index contributed by atoms with van der Waals surface area (Å²) in [6.07, 6.45) is 0. The molecule has 0 radical (unpaired) electrons. The van der Waals surface area contributed by atoms with Crippen molar-refractivity contribution in [2.24, 2.45) is 0 Å². The normalized spacial score (nSPS) is 11.0. The molecule has 2 aromatic rings. The lowest BCUT2D eigenvalue weighted by Crippen LogP contribution is -2.41. The van der Waals surface area contributed by atoms with Gasteiger partial charge in [0.15, 0.2) is 5.76 Å². The molecule has 0 aliphatic carbocycles. The molecule has 0 spiro atoms. The second-order valence-electron chi connectivity index (χ2n) is 4.55. The third-order valence-electron chi connectivity index (χ3n) is 3.02. The number of rotatable bonds is 4. The van der Waals surface area contributed by atoms with E-state index in [1.54, 1.807) is 31.2 Å². The SMILES string of the molecule is CNS(=O)(=O)c1ccc(C(=O)NNC(=O)c2ccccc2C)o1. The molecule has 1 aromatic heterocycles. The highest BCUT2D eigenvalue weighted by Crippen LogP contribution is 2.13. The highest BCUT2D eigenvalue weighted by molar-refractivity contribution is 7.89. The molecule has 23 heavy (non-hydrogen) atoms. The summed E-state index contributed by atoms with van der Waals surface area (Å²) in [6, 6.07) is 9.20. The molecule has 0 aliphatic rings. The fraction of sp³-hybridized carbons (Fsp3) is 0.143. The van der Waals surface area contributed by atoms with E-state index in [-0.39, 0.29) is 5.76 Å². The molecular weight excluding hydrogens is 322 g/mol. The summed E-state index contributed by atoms with van der Waals surface area (Å²) in [7, 11) is -2.55. The van der Waals surface area contributed by atoms with Gasteiger partial charge in [-0.1, -0.05) is 18.2 Å². The Balaban J connectivity index is 2.03. The van der Waals surface area contributed by atoms with Crippen LogP contribution in [0.5, 0.6) is 0 Å². The first kappa shape index (κ1) is 16.7. The summed E-state index contributed by atoms with van der Waals surface area (Å²) in [5.74, 6) is -1.51. The van der Waals surface area contributed by atoms with Crippen molar-refractivity contribution in [3.8, 4) is 0 Å². The number of amides is 2. The molecule has 3 N–H and O–H groups in total. The predicted octanol–water partition coefficient (Wildman–Crippen LogP) is 0.571. The summed E-state index contributed by atoms with van der Waals surface area (Å²) in [5.41, 5.74) is 5.55. The molecule has 122 valence electrons. The molecule has 2 amide bonds. The first-order valence-electron chi connectivity index (χ1n) is 6.55. The first-order chi connectivity index (χ1) is 10.8. The molecule has 2 rings (SSSR count). The summed E-state index contributed by atoms with van der Waals surface area (Å²) in [5, 5.41) is -0.393. The number of carbonyl (C=O) groups is 2. The number of nitrogens with one attached hydrogen (secondary N) is 3. The fourth-order valence-electron chi connectivity index (χ4n) is 1.76. The zero-order chi connectivity index (χ0) is 17.0. The minimum Gasteiger partial charge on any atom is -0.438 e. The van der Waals surface area contributed by atoms with Gasteiger partial charge in [-0.25, -0.2) is 13.1 Å². The van der Waals surface area contributed by atoms with Crippen LogP contribution in [0, 0.1) is 6.92 Å². The lowest BCUT2D eigenvalue weighted by Gasteiger charge is -2.07. The largest absolute Gasteiger partial charge is 0.438 e. The van der Waals surface area contributed by atoms with Gasteiger partial charge in [-0.05, 0) is 37.7 Å². The minimum absolute atomic E-state index is 0.246. The molecule has 0 fully saturated rings. The van der Waals surface area contributed by atoms with Gasteiger partial charge in [0.1, 0.15) is 0 Å². The maximum Gasteiger partial charge on any atom is 0.305 e. The lowest BCUT2D eigenvalue weighted by molar-refractivity contribution is 0.0827. The predicted molar refractivity (Wildman–Crippen MR) is 81.1 cm³/mol. The average Bonchev–Trinajstić information content (AvgIpc) is 3.03. The number of furan rings is 1. The lowest BCUT2D eigenvalue weighted by atomic mass is 10.1. The average molecular weight is 337 g/mol. The second kappa shape index (κ2) is 6.63. The van der Waals surface area contributed by atoms with Crippen molar-refractivity contribution in [3.63, 3.8) is 0 Å². The molecule has 0 unspecified atom stereocenters. The number of benzene rings is 1. The molecule has 0 saturated heterocycles. The van der Waals surface area contributed by atoms with Crippen LogP contribution in [0.15, 0.2) is 45.9 Å². The Kier molecular flexibility index (Phi) is 4.82. The van der Waals surface area contributed by atoms with Gasteiger partial charge in [0.25, 0.3) is 15.9 Å². The van der Waals surface area contributed by atoms with Crippen LogP contribution >= 0.6 is 0 Å². The number of carbonyl (C=O) groups excluding carboxylic acids is 2. The first-order valence-corrected chi connectivity index (χ1v) is 8.03. The van der Waals surface area contributed by atoms with Crippen molar-refractivity contribution in [1.29, 1.82) is 0 Å². The van der Waals surface area contributed by atoms with Gasteiger partial charge in [-0.3, -0.25) is 20.4 Å². The zero-order valence-electron chi connectivity index (χ0n) is 12.4. The number of hydrogen-bond acceptors (Lipinski definition) is 5. The van der Waals surface area contributed by atoms with Crippen LogP contribution in [-0.4, -0.2) is 27.3 Å². The topological polar surface area (TPSA) is 118 Å². The fourth-order valence-corrected chi connectivity index (χ4v) is 2.41. The van der Waals surface area contributed by atoms with E-state index >= 15 is 0 Å². The van der Waals surface area contributed by atoms with Crippen molar-refractivity contribution in [3.05, 3.63) is 53.3 Å². The van der Waals surface area contributed by atoms with Crippen LogP contribution in [0.2, 0.25) is 0 Å². The van der Waals surface area contributed by atoms with E-state index in [9.17, 15) is 18.0 Å². The third-order valence-corrected chi connectivity index (χ3v) is 4.30. The van der Waals surface area contributed by atoms with E-state index in [1.807, 2.05) is 0 Å². The Morgan fingerprint density at radius 2 is 1.65 bits per heavy atom. The maximum atomic E-state index is 11.9. The maximum absolute atomic E-state index is 11.9. The van der Waals surface area contributed by atoms with E-state index in [4.69, 9.17) is 4.42 Å². The molecule has 1 aromatic carbocycles. The smallest absolute Gasteiger partial charge is 0.305 e. The molecular formula is C14H15N3O5S. The Labute approximate surface area is 132 Å². The van der Waals surface area contributed by atoms with Gasteiger partial charge in [0, 0.05) is 5.56 Å². The molecule has 9 heteroatoms. The Bertz CT molecular complexity index is 842. The van der Waals surface area contributed by atoms with Crippen molar-refractivity contribution in [2.45, 2.75) is 12.0 Å². The van der Waals surface area contributed by atoms with Crippen molar-refractivity contribution >= 4 is 21.8 Å². The summed E-state index contributed by atoms with van der Waals surface area (Å²) in [4.78, 5) is 23.8. The van der Waals surface area contributed by atoms with Crippen LogP contribution in [0.3, 0.4) is 0 Å². The molecule has 0 bridgehead atoms. The van der Waals surface area contributed by atoms with Crippen LogP contribution in [0.1, 0.15) is 26.5 Å². The standard InChI is InChI=1S/C14H15N3O5S/c1-9-5-3-4-6-10(9)13(18)16-17-14(19)11-7-8-12(22-11)23(20,21)15-2/h3-8,15H,1-2H3,(H,16,18)(H,17,19). The second-order valence-corrected chi connectivity index (χ2v) is 6.37. The zero-order valence-corrected chi connectivity index (χ0v) is 13.2. The minimum atomic E-state index is -3.77. The van der Waals surface area contributed by atoms with E-state index in [2.05, 4.69) is 15.6 Å². The van der Waals surface area contributed by atoms with Crippen molar-refractivity contribution in [2.75, 3.05) is 7.05 Å². The van der Waals surface area contributed by atoms with E-state index in [0.717, 1.165) is 11.6 Å². The third kappa shape index (κ3) is 3.76. The number of aryl methyl sites for hydroxylation is 1. The van der Waals surface area contributed by atoms with Gasteiger partial charge in [0.2, 0.25) is 5.09 Å². The summed E-state index contributed by atoms with van der Waals surface area (Å²) >= 11 is 0. The van der Waals surface area contributed by atoms with Gasteiger partial charge < -0.3 is 4.42 Å². The van der Waals surface area contributed by atoms with E-state index < -0.39 is 26.9 Å². The number of hydrazine groups is 1. The van der Waals surface area contributed by atoms with E-state index in [1.165, 1.54) is 13.1 Å². The molecule has 1 heterocycles. The quantitative estimate of drug-likeness (QED) is 0.705.